The maximum Gasteiger partial charge on any atom is 0.115 e. The number of phenols is 1. The summed E-state index contributed by atoms with van der Waals surface area (Å²) in [4.78, 5) is 2.17. The van der Waals surface area contributed by atoms with Crippen molar-refractivity contribution in [1.82, 2.24) is 0 Å². The summed E-state index contributed by atoms with van der Waals surface area (Å²) in [5.74, 6) is 0.243. The Labute approximate surface area is 209 Å². The molecule has 3 aromatic rings. The van der Waals surface area contributed by atoms with E-state index >= 15 is 0 Å². The number of benzene rings is 3. The second-order valence-corrected chi connectivity index (χ2v) is 8.64. The van der Waals surface area contributed by atoms with Crippen molar-refractivity contribution in [2.75, 3.05) is 4.90 Å². The van der Waals surface area contributed by atoms with E-state index in [1.807, 2.05) is 18.2 Å². The lowest BCUT2D eigenvalue weighted by atomic mass is 9.95. The van der Waals surface area contributed by atoms with E-state index in [0.29, 0.717) is 0 Å². The summed E-state index contributed by atoms with van der Waals surface area (Å²) in [5, 5.41) is 9.78. The monoisotopic (exact) mass is 459 g/mol. The highest BCUT2D eigenvalue weighted by Crippen LogP contribution is 2.35. The van der Waals surface area contributed by atoms with Gasteiger partial charge < -0.3 is 10.0 Å². The van der Waals surface area contributed by atoms with Crippen LogP contribution in [0.15, 0.2) is 139 Å². The van der Waals surface area contributed by atoms with Gasteiger partial charge in [-0.1, -0.05) is 79.4 Å². The van der Waals surface area contributed by atoms with E-state index in [2.05, 4.69) is 112 Å². The number of anilines is 3. The third-order valence-corrected chi connectivity index (χ3v) is 5.58. The lowest BCUT2D eigenvalue weighted by Crippen LogP contribution is -2.09. The van der Waals surface area contributed by atoms with E-state index in [-0.39, 0.29) is 5.75 Å². The van der Waals surface area contributed by atoms with Crippen LogP contribution >= 0.6 is 0 Å². The summed E-state index contributed by atoms with van der Waals surface area (Å²) in [5.41, 5.74) is 9.30. The summed E-state index contributed by atoms with van der Waals surface area (Å²) >= 11 is 0. The molecule has 1 N–H and O–H groups in total. The number of hydrogen-bond donors (Lipinski definition) is 1. The van der Waals surface area contributed by atoms with Crippen molar-refractivity contribution in [2.45, 2.75) is 20.8 Å². The van der Waals surface area contributed by atoms with Gasteiger partial charge in [0.05, 0.1) is 0 Å². The maximum absolute atomic E-state index is 9.78. The molecular formula is C33H33NO. The fourth-order valence-corrected chi connectivity index (χ4v) is 3.62. The van der Waals surface area contributed by atoms with E-state index in [0.717, 1.165) is 39.3 Å². The number of hydrogen-bond acceptors (Lipinski definition) is 2. The average molecular weight is 460 g/mol. The number of phenolic OH excluding ortho intramolecular Hbond substituents is 1. The molecule has 176 valence electrons. The topological polar surface area (TPSA) is 23.5 Å². The Morgan fingerprint density at radius 3 is 1.74 bits per heavy atom. The first-order valence-corrected chi connectivity index (χ1v) is 11.6. The highest BCUT2D eigenvalue weighted by Gasteiger charge is 2.13. The molecule has 0 aliphatic rings. The van der Waals surface area contributed by atoms with Crippen LogP contribution in [0.5, 0.6) is 5.75 Å². The summed E-state index contributed by atoms with van der Waals surface area (Å²) in [6, 6.07) is 24.0. The second-order valence-electron chi connectivity index (χ2n) is 8.64. The van der Waals surface area contributed by atoms with Gasteiger partial charge in [0.25, 0.3) is 0 Å². The molecule has 0 saturated carbocycles. The van der Waals surface area contributed by atoms with Crippen LogP contribution in [0.25, 0.3) is 6.08 Å². The fraction of sp³-hybridized carbons (Fsp3) is 0.0909. The van der Waals surface area contributed by atoms with Gasteiger partial charge in [0.1, 0.15) is 5.75 Å². The minimum absolute atomic E-state index is 0.243. The molecule has 0 atom stereocenters. The zero-order valence-corrected chi connectivity index (χ0v) is 20.8. The van der Waals surface area contributed by atoms with Crippen LogP contribution < -0.4 is 4.90 Å². The molecule has 0 aliphatic carbocycles. The lowest BCUT2D eigenvalue weighted by molar-refractivity contribution is 0.475. The molecule has 0 heterocycles. The van der Waals surface area contributed by atoms with Crippen molar-refractivity contribution in [3.05, 3.63) is 150 Å². The van der Waals surface area contributed by atoms with Crippen LogP contribution in [0.2, 0.25) is 0 Å². The van der Waals surface area contributed by atoms with Gasteiger partial charge in [-0.15, -0.1) is 0 Å². The van der Waals surface area contributed by atoms with Gasteiger partial charge in [-0.25, -0.2) is 0 Å². The SMILES string of the molecule is C=CC(=C)C(=Cc1ccc(N(c2ccc(C)cc2)c2ccc(O)cc2)cc1)/C(C=C)=C/C=C(C)C. The van der Waals surface area contributed by atoms with E-state index in [4.69, 9.17) is 0 Å². The summed E-state index contributed by atoms with van der Waals surface area (Å²) < 4.78 is 0. The molecule has 2 nitrogen and oxygen atoms in total. The Kier molecular flexibility index (Phi) is 8.48. The Hall–Kier alpha value is -4.30. The standard InChI is InChI=1S/C33H33NO/c1-7-26(6)33(28(8-2)14-9-24(3)4)23-27-12-17-30(18-13-27)34(29-15-10-25(5)11-16-29)31-19-21-32(35)22-20-31/h7-23,35H,1-2,6H2,3-5H3/b28-14+,33-23?. The molecule has 2 heteroatoms. The molecule has 3 aromatic carbocycles. The fourth-order valence-electron chi connectivity index (χ4n) is 3.62. The molecule has 0 amide bonds. The van der Waals surface area contributed by atoms with E-state index in [9.17, 15) is 5.11 Å². The van der Waals surface area contributed by atoms with Gasteiger partial charge in [0, 0.05) is 17.1 Å². The van der Waals surface area contributed by atoms with E-state index in [1.165, 1.54) is 11.1 Å². The summed E-state index contributed by atoms with van der Waals surface area (Å²) in [6.45, 7) is 18.3. The van der Waals surface area contributed by atoms with Crippen LogP contribution in [-0.4, -0.2) is 5.11 Å². The molecule has 3 rings (SSSR count). The first-order valence-electron chi connectivity index (χ1n) is 11.6. The van der Waals surface area contributed by atoms with Crippen molar-refractivity contribution >= 4 is 23.1 Å². The maximum atomic E-state index is 9.78. The first-order chi connectivity index (χ1) is 16.8. The Balaban J connectivity index is 2.05. The third kappa shape index (κ3) is 6.61. The zero-order chi connectivity index (χ0) is 25.4. The van der Waals surface area contributed by atoms with Crippen LogP contribution in [-0.2, 0) is 0 Å². The van der Waals surface area contributed by atoms with Gasteiger partial charge in [-0.3, -0.25) is 0 Å². The van der Waals surface area contributed by atoms with Crippen molar-refractivity contribution in [1.29, 1.82) is 0 Å². The van der Waals surface area contributed by atoms with Gasteiger partial charge in [0.2, 0.25) is 0 Å². The Bertz CT molecular complexity index is 1240. The van der Waals surface area contributed by atoms with Gasteiger partial charge in [0.15, 0.2) is 0 Å². The largest absolute Gasteiger partial charge is 0.508 e. The number of nitrogens with zero attached hydrogens (tertiary/aromatic N) is 1. The van der Waals surface area contributed by atoms with Gasteiger partial charge in [-0.05, 0) is 97.7 Å². The molecule has 0 radical (unpaired) electrons. The smallest absolute Gasteiger partial charge is 0.115 e. The quantitative estimate of drug-likeness (QED) is 0.322. The highest BCUT2D eigenvalue weighted by molar-refractivity contribution is 5.78. The van der Waals surface area contributed by atoms with Crippen LogP contribution in [0.4, 0.5) is 17.1 Å². The van der Waals surface area contributed by atoms with Gasteiger partial charge in [-0.2, -0.15) is 0 Å². The molecule has 0 aliphatic heterocycles. The summed E-state index contributed by atoms with van der Waals surface area (Å²) in [7, 11) is 0. The Morgan fingerprint density at radius 1 is 0.743 bits per heavy atom. The molecular weight excluding hydrogens is 426 g/mol. The number of allylic oxidation sites excluding steroid dienone is 8. The van der Waals surface area contributed by atoms with Crippen LogP contribution in [0.1, 0.15) is 25.0 Å². The van der Waals surface area contributed by atoms with Gasteiger partial charge >= 0.3 is 0 Å². The van der Waals surface area contributed by atoms with Crippen molar-refractivity contribution < 1.29 is 5.11 Å². The molecule has 0 fully saturated rings. The van der Waals surface area contributed by atoms with Crippen molar-refractivity contribution in [3.63, 3.8) is 0 Å². The molecule has 0 unspecified atom stereocenters. The summed E-state index contributed by atoms with van der Waals surface area (Å²) in [6.07, 6.45) is 9.85. The highest BCUT2D eigenvalue weighted by atomic mass is 16.3. The average Bonchev–Trinajstić information content (AvgIpc) is 2.86. The van der Waals surface area contributed by atoms with Crippen molar-refractivity contribution in [2.24, 2.45) is 0 Å². The Morgan fingerprint density at radius 2 is 1.26 bits per heavy atom. The third-order valence-electron chi connectivity index (χ3n) is 5.58. The number of aryl methyl sites for hydroxylation is 1. The normalized spacial score (nSPS) is 11.5. The minimum Gasteiger partial charge on any atom is -0.508 e. The molecule has 0 saturated heterocycles. The second kappa shape index (κ2) is 11.7. The van der Waals surface area contributed by atoms with Crippen LogP contribution in [0, 0.1) is 6.92 Å². The van der Waals surface area contributed by atoms with Crippen LogP contribution in [0.3, 0.4) is 0 Å². The van der Waals surface area contributed by atoms with Crippen molar-refractivity contribution in [3.8, 4) is 5.75 Å². The predicted octanol–water partition coefficient (Wildman–Crippen LogP) is 9.37. The predicted molar refractivity (Wildman–Crippen MR) is 153 cm³/mol. The minimum atomic E-state index is 0.243. The lowest BCUT2D eigenvalue weighted by Gasteiger charge is -2.25. The zero-order valence-electron chi connectivity index (χ0n) is 20.8. The molecule has 0 aromatic heterocycles. The number of rotatable bonds is 9. The van der Waals surface area contributed by atoms with E-state index < -0.39 is 0 Å². The molecule has 0 spiro atoms. The van der Waals surface area contributed by atoms with E-state index in [1.54, 1.807) is 18.2 Å². The number of aromatic hydroxyl groups is 1. The molecule has 0 bridgehead atoms. The molecule has 35 heavy (non-hydrogen) atoms. The first kappa shape index (κ1) is 25.3.